The van der Waals surface area contributed by atoms with E-state index in [1.165, 1.54) is 76.2 Å². The van der Waals surface area contributed by atoms with Crippen LogP contribution in [-0.2, 0) is 19.1 Å². The molecule has 0 aromatic heterocycles. The molecule has 51 heavy (non-hydrogen) atoms. The Labute approximate surface area is 312 Å². The molecule has 0 amide bonds. The van der Waals surface area contributed by atoms with Gasteiger partial charge in [-0.3, -0.25) is 14.4 Å². The molecule has 5 nitrogen and oxygen atoms in total. The van der Waals surface area contributed by atoms with Crippen LogP contribution >= 0.6 is 0 Å². The molecule has 0 unspecified atom stereocenters. The molecule has 0 spiro atoms. The minimum Gasteiger partial charge on any atom is -0.481 e. The van der Waals surface area contributed by atoms with Crippen molar-refractivity contribution >= 4 is 17.7 Å². The molecule has 0 bridgehead atoms. The topological polar surface area (TPSA) is 80.7 Å². The molecule has 4 fully saturated rings. The number of carboxylic acid groups (broad SMARTS) is 1. The van der Waals surface area contributed by atoms with E-state index < -0.39 is 11.4 Å². The van der Waals surface area contributed by atoms with E-state index in [2.05, 4.69) is 48.5 Å². The molecule has 5 heteroatoms. The summed E-state index contributed by atoms with van der Waals surface area (Å²) in [7, 11) is 0. The number of hydrogen-bond donors (Lipinski definition) is 1. The van der Waals surface area contributed by atoms with Crippen LogP contribution in [0.2, 0.25) is 0 Å². The third-order valence-corrected chi connectivity index (χ3v) is 16.8. The van der Waals surface area contributed by atoms with E-state index in [9.17, 15) is 19.5 Å². The zero-order valence-electron chi connectivity index (χ0n) is 34.2. The molecular weight excluding hydrogens is 633 g/mol. The van der Waals surface area contributed by atoms with Gasteiger partial charge in [-0.25, -0.2) is 0 Å². The lowest BCUT2D eigenvalue weighted by molar-refractivity contribution is -0.211. The van der Waals surface area contributed by atoms with Crippen molar-refractivity contribution in [3.05, 3.63) is 11.6 Å². The number of esters is 1. The number of ether oxygens (including phenoxy) is 1. The van der Waals surface area contributed by atoms with E-state index >= 15 is 0 Å². The second kappa shape index (κ2) is 15.6. The van der Waals surface area contributed by atoms with Crippen LogP contribution in [0, 0.1) is 50.2 Å². The predicted octanol–water partition coefficient (Wildman–Crippen LogP) is 12.4. The number of ketones is 1. The highest BCUT2D eigenvalue weighted by atomic mass is 16.5. The number of carbonyl (C=O) groups is 3. The van der Waals surface area contributed by atoms with Gasteiger partial charge < -0.3 is 9.84 Å². The van der Waals surface area contributed by atoms with Crippen molar-refractivity contribution in [2.24, 2.45) is 50.2 Å². The molecule has 290 valence electrons. The van der Waals surface area contributed by atoms with Crippen molar-refractivity contribution in [2.45, 2.75) is 209 Å². The third-order valence-electron chi connectivity index (χ3n) is 16.8. The maximum absolute atomic E-state index is 14.7. The summed E-state index contributed by atoms with van der Waals surface area (Å²) in [4.78, 5) is 40.3. The summed E-state index contributed by atoms with van der Waals surface area (Å²) in [6, 6.07) is 0. The van der Waals surface area contributed by atoms with Crippen LogP contribution in [-0.4, -0.2) is 28.9 Å². The number of rotatable bonds is 16. The van der Waals surface area contributed by atoms with E-state index in [0.29, 0.717) is 25.2 Å². The van der Waals surface area contributed by atoms with E-state index in [0.717, 1.165) is 57.8 Å². The first-order chi connectivity index (χ1) is 24.0. The van der Waals surface area contributed by atoms with Crippen molar-refractivity contribution in [1.29, 1.82) is 0 Å². The molecule has 0 aliphatic heterocycles. The van der Waals surface area contributed by atoms with Gasteiger partial charge >= 0.3 is 11.9 Å². The summed E-state index contributed by atoms with van der Waals surface area (Å²) in [6.07, 6.45) is 27.4. The van der Waals surface area contributed by atoms with Crippen LogP contribution in [0.25, 0.3) is 0 Å². The fraction of sp³-hybridized carbons (Fsp3) is 0.891. The van der Waals surface area contributed by atoms with E-state index in [1.54, 1.807) is 0 Å². The van der Waals surface area contributed by atoms with Crippen molar-refractivity contribution in [2.75, 3.05) is 0 Å². The number of carboxylic acids is 1. The smallest absolute Gasteiger partial charge is 0.309 e. The zero-order valence-corrected chi connectivity index (χ0v) is 34.2. The van der Waals surface area contributed by atoms with Crippen LogP contribution in [0.5, 0.6) is 0 Å². The molecule has 0 heterocycles. The van der Waals surface area contributed by atoms with Crippen LogP contribution < -0.4 is 0 Å². The summed E-state index contributed by atoms with van der Waals surface area (Å²) >= 11 is 0. The predicted molar refractivity (Wildman–Crippen MR) is 207 cm³/mol. The Balaban J connectivity index is 1.17. The summed E-state index contributed by atoms with van der Waals surface area (Å²) in [5.41, 5.74) is -0.0814. The molecular formula is C46H76O5. The van der Waals surface area contributed by atoms with Crippen molar-refractivity contribution < 1.29 is 24.2 Å². The summed E-state index contributed by atoms with van der Waals surface area (Å²) < 4.78 is 6.33. The molecule has 9 atom stereocenters. The average molecular weight is 709 g/mol. The van der Waals surface area contributed by atoms with Crippen molar-refractivity contribution in [1.82, 2.24) is 0 Å². The lowest BCUT2D eigenvalue weighted by Crippen LogP contribution is -2.66. The Morgan fingerprint density at radius 1 is 0.745 bits per heavy atom. The fourth-order valence-corrected chi connectivity index (χ4v) is 13.1. The first-order valence-electron chi connectivity index (χ1n) is 21.7. The normalized spacial score (nSPS) is 39.9. The van der Waals surface area contributed by atoms with E-state index in [4.69, 9.17) is 4.74 Å². The molecule has 0 aromatic rings. The summed E-state index contributed by atoms with van der Waals surface area (Å²) in [5, 5.41) is 10.2. The fourth-order valence-electron chi connectivity index (χ4n) is 13.1. The van der Waals surface area contributed by atoms with Gasteiger partial charge in [0.05, 0.1) is 5.41 Å². The van der Waals surface area contributed by atoms with E-state index in [-0.39, 0.29) is 56.8 Å². The molecule has 0 aromatic carbocycles. The summed E-state index contributed by atoms with van der Waals surface area (Å²) in [6.45, 7) is 18.4. The minimum atomic E-state index is -0.736. The maximum Gasteiger partial charge on any atom is 0.309 e. The Hall–Kier alpha value is -1.65. The number of unbranched alkanes of at least 4 members (excludes halogenated alkanes) is 12. The standard InChI is InChI=1S/C46H76O5/c1-9-10-11-12-13-14-15-16-17-18-19-20-21-22-38(48)51-37-24-25-44(6)36(41(37,2)3)23-26-46(8)39(44)35(47)31-33-34-32-43(5,40(49)50)28-27-42(34,4)29-30-45(33,46)7/h31,34,36-37,39H,9-30,32H2,1-8H3,(H,49,50)/t34-,36-,37-,39+,42+,43-,44-,45+,46+/m0/s1. The van der Waals surface area contributed by atoms with Gasteiger partial charge in [0.15, 0.2) is 5.78 Å². The Bertz CT molecular complexity index is 1300. The van der Waals surface area contributed by atoms with Gasteiger partial charge in [-0.15, -0.1) is 0 Å². The highest BCUT2D eigenvalue weighted by molar-refractivity contribution is 5.95. The lowest BCUT2D eigenvalue weighted by Gasteiger charge is -2.70. The van der Waals surface area contributed by atoms with Gasteiger partial charge in [-0.2, -0.15) is 0 Å². The zero-order chi connectivity index (χ0) is 37.3. The Morgan fingerprint density at radius 3 is 1.90 bits per heavy atom. The van der Waals surface area contributed by atoms with Crippen molar-refractivity contribution in [3.8, 4) is 0 Å². The molecule has 4 saturated carbocycles. The number of hydrogen-bond acceptors (Lipinski definition) is 4. The second-order valence-electron chi connectivity index (χ2n) is 20.4. The van der Waals surface area contributed by atoms with E-state index in [1.807, 2.05) is 13.0 Å². The second-order valence-corrected chi connectivity index (χ2v) is 20.4. The van der Waals surface area contributed by atoms with Crippen LogP contribution in [0.3, 0.4) is 0 Å². The number of fused-ring (bicyclic) bond motifs is 7. The van der Waals surface area contributed by atoms with Gasteiger partial charge in [0, 0.05) is 17.8 Å². The molecule has 5 rings (SSSR count). The van der Waals surface area contributed by atoms with Gasteiger partial charge in [0.1, 0.15) is 6.10 Å². The average Bonchev–Trinajstić information content (AvgIpc) is 3.06. The van der Waals surface area contributed by atoms with Crippen LogP contribution in [0.1, 0.15) is 203 Å². The molecule has 1 N–H and O–H groups in total. The molecule has 0 saturated heterocycles. The first-order valence-corrected chi connectivity index (χ1v) is 21.7. The number of carbonyl (C=O) groups excluding carboxylic acids is 2. The van der Waals surface area contributed by atoms with Gasteiger partial charge in [-0.1, -0.05) is 131 Å². The Morgan fingerprint density at radius 2 is 1.31 bits per heavy atom. The Kier molecular flexibility index (Phi) is 12.4. The van der Waals surface area contributed by atoms with Crippen LogP contribution in [0.15, 0.2) is 11.6 Å². The first kappa shape index (κ1) is 40.5. The van der Waals surface area contributed by atoms with Crippen molar-refractivity contribution in [3.63, 3.8) is 0 Å². The highest BCUT2D eigenvalue weighted by Gasteiger charge is 2.70. The summed E-state index contributed by atoms with van der Waals surface area (Å²) in [5.74, 6) is -0.0936. The SMILES string of the molecule is CCCCCCCCCCCCCCCC(=O)O[C@H]1CC[C@]2(C)[C@H]3C(=O)C=C4[C@@H]5C[C@@](C)(C(=O)O)CC[C@]5(C)CC[C@@]4(C)[C@]3(C)CC[C@H]2C1(C)C. The molecule has 0 radical (unpaired) electrons. The number of allylic oxidation sites excluding steroid dienone is 2. The largest absolute Gasteiger partial charge is 0.481 e. The van der Waals surface area contributed by atoms with Crippen LogP contribution in [0.4, 0.5) is 0 Å². The number of aliphatic carboxylic acids is 1. The quantitative estimate of drug-likeness (QED) is 0.127. The molecule has 5 aliphatic rings. The monoisotopic (exact) mass is 709 g/mol. The molecule has 5 aliphatic carbocycles. The van der Waals surface area contributed by atoms with Gasteiger partial charge in [-0.05, 0) is 111 Å². The van der Waals surface area contributed by atoms with Gasteiger partial charge in [0.25, 0.3) is 0 Å². The maximum atomic E-state index is 14.7. The lowest BCUT2D eigenvalue weighted by atomic mass is 9.33. The van der Waals surface area contributed by atoms with Gasteiger partial charge in [0.2, 0.25) is 0 Å². The minimum absolute atomic E-state index is 0.0414. The third kappa shape index (κ3) is 7.54. The highest BCUT2D eigenvalue weighted by Crippen LogP contribution is 2.75.